The Morgan fingerprint density at radius 1 is 1.19 bits per heavy atom. The highest BCUT2D eigenvalue weighted by molar-refractivity contribution is 7.85. The number of hydrogen-bond acceptors (Lipinski definition) is 7. The summed E-state index contributed by atoms with van der Waals surface area (Å²) in [7, 11) is -3.66. The van der Waals surface area contributed by atoms with Crippen molar-refractivity contribution in [3.8, 4) is 0 Å². The number of amides is 2. The molecule has 1 aromatic carbocycles. The van der Waals surface area contributed by atoms with Gasteiger partial charge in [-0.2, -0.15) is 8.42 Å². The topological polar surface area (TPSA) is 139 Å². The van der Waals surface area contributed by atoms with Crippen molar-refractivity contribution >= 4 is 33.5 Å². The predicted molar refractivity (Wildman–Crippen MR) is 98.4 cm³/mol. The zero-order valence-electron chi connectivity index (χ0n) is 14.9. The Labute approximate surface area is 157 Å². The van der Waals surface area contributed by atoms with E-state index < -0.39 is 10.1 Å². The fourth-order valence-corrected chi connectivity index (χ4v) is 2.46. The number of anilines is 2. The summed E-state index contributed by atoms with van der Waals surface area (Å²) in [6.07, 6.45) is -0.654. The standard InChI is InChI=1S/C14H17N3O4.C2H6O3S/c15-7-12-8-17(14(19)21-12)11-3-1-10(2-4-11)16-5-6-20-9-13(16)18;1-2-6(3,4)5/h1-4,12H,5-9,15H2;2H2,1H3,(H,3,4,5)/t12-;/m0./s1. The quantitative estimate of drug-likeness (QED) is 0.683. The molecular weight excluding hydrogens is 378 g/mol. The SMILES string of the molecule is CCS(=O)(=O)O.NC[C@H]1CN(c2ccc(N3CCOCC3=O)cc2)C(=O)O1. The number of ether oxygens (including phenoxy) is 2. The second kappa shape index (κ2) is 9.13. The summed E-state index contributed by atoms with van der Waals surface area (Å²) >= 11 is 0. The van der Waals surface area contributed by atoms with Crippen molar-refractivity contribution in [1.29, 1.82) is 0 Å². The molecule has 2 aliphatic rings. The Balaban J connectivity index is 0.000000380. The van der Waals surface area contributed by atoms with Gasteiger partial charge in [0.1, 0.15) is 12.7 Å². The Kier molecular flexibility index (Phi) is 7.13. The number of cyclic esters (lactones) is 1. The monoisotopic (exact) mass is 401 g/mol. The maximum atomic E-state index is 11.8. The van der Waals surface area contributed by atoms with Crippen molar-refractivity contribution in [2.24, 2.45) is 5.73 Å². The molecule has 0 aliphatic carbocycles. The van der Waals surface area contributed by atoms with Crippen LogP contribution in [0.5, 0.6) is 0 Å². The van der Waals surface area contributed by atoms with Crippen LogP contribution in [0.3, 0.4) is 0 Å². The number of nitrogens with two attached hydrogens (primary N) is 1. The van der Waals surface area contributed by atoms with Gasteiger partial charge < -0.3 is 20.1 Å². The lowest BCUT2D eigenvalue weighted by Crippen LogP contribution is -2.41. The maximum Gasteiger partial charge on any atom is 0.414 e. The van der Waals surface area contributed by atoms with Gasteiger partial charge in [0.25, 0.3) is 16.0 Å². The van der Waals surface area contributed by atoms with Crippen LogP contribution in [-0.2, 0) is 24.4 Å². The maximum absolute atomic E-state index is 11.8. The molecule has 0 aromatic heterocycles. The van der Waals surface area contributed by atoms with Crippen molar-refractivity contribution < 1.29 is 32.0 Å². The number of hydrogen-bond donors (Lipinski definition) is 2. The first-order valence-electron chi connectivity index (χ1n) is 8.36. The van der Waals surface area contributed by atoms with Gasteiger partial charge in [-0.3, -0.25) is 14.2 Å². The third-order valence-electron chi connectivity index (χ3n) is 3.96. The molecule has 2 amide bonds. The van der Waals surface area contributed by atoms with E-state index in [1.165, 1.54) is 6.92 Å². The van der Waals surface area contributed by atoms with Gasteiger partial charge in [0.15, 0.2) is 0 Å². The van der Waals surface area contributed by atoms with Crippen LogP contribution in [0, 0.1) is 0 Å². The van der Waals surface area contributed by atoms with Gasteiger partial charge in [-0.05, 0) is 31.2 Å². The minimum Gasteiger partial charge on any atom is -0.443 e. The third kappa shape index (κ3) is 5.89. The van der Waals surface area contributed by atoms with Gasteiger partial charge in [-0.25, -0.2) is 4.79 Å². The van der Waals surface area contributed by atoms with E-state index in [1.54, 1.807) is 21.9 Å². The van der Waals surface area contributed by atoms with Gasteiger partial charge >= 0.3 is 6.09 Å². The Hall–Kier alpha value is -2.21. The minimum absolute atomic E-state index is 0.0576. The zero-order chi connectivity index (χ0) is 20.0. The molecule has 3 rings (SSSR count). The highest BCUT2D eigenvalue weighted by Crippen LogP contribution is 2.25. The molecule has 3 N–H and O–H groups in total. The van der Waals surface area contributed by atoms with E-state index in [9.17, 15) is 18.0 Å². The molecule has 1 atom stereocenters. The lowest BCUT2D eigenvalue weighted by Gasteiger charge is -2.27. The number of carbonyl (C=O) groups excluding carboxylic acids is 2. The average Bonchev–Trinajstić information content (AvgIpc) is 3.03. The molecule has 0 unspecified atom stereocenters. The van der Waals surface area contributed by atoms with Gasteiger partial charge in [0.05, 0.1) is 18.9 Å². The van der Waals surface area contributed by atoms with Crippen LogP contribution in [0.4, 0.5) is 16.2 Å². The Bertz CT molecular complexity index is 767. The molecule has 2 heterocycles. The third-order valence-corrected chi connectivity index (χ3v) is 4.69. The summed E-state index contributed by atoms with van der Waals surface area (Å²) in [5.74, 6) is -0.259. The number of carbonyl (C=O) groups is 2. The predicted octanol–water partition coefficient (Wildman–Crippen LogP) is 0.228. The van der Waals surface area contributed by atoms with Gasteiger partial charge in [0.2, 0.25) is 0 Å². The van der Waals surface area contributed by atoms with Crippen molar-refractivity contribution in [2.45, 2.75) is 13.0 Å². The second-order valence-electron chi connectivity index (χ2n) is 5.84. The van der Waals surface area contributed by atoms with Crippen LogP contribution < -0.4 is 15.5 Å². The largest absolute Gasteiger partial charge is 0.443 e. The number of benzene rings is 1. The summed E-state index contributed by atoms with van der Waals surface area (Å²) in [6.45, 7) is 3.31. The molecular formula is C16H23N3O7S. The van der Waals surface area contributed by atoms with Crippen molar-refractivity contribution in [3.63, 3.8) is 0 Å². The number of nitrogens with zero attached hydrogens (tertiary/aromatic N) is 2. The molecule has 0 radical (unpaired) electrons. The lowest BCUT2D eigenvalue weighted by molar-refractivity contribution is -0.125. The Morgan fingerprint density at radius 3 is 2.19 bits per heavy atom. The van der Waals surface area contributed by atoms with Crippen LogP contribution in [0.15, 0.2) is 24.3 Å². The second-order valence-corrected chi connectivity index (χ2v) is 7.58. The minimum atomic E-state index is -3.66. The van der Waals surface area contributed by atoms with Crippen molar-refractivity contribution in [2.75, 3.05) is 48.4 Å². The van der Waals surface area contributed by atoms with Crippen LogP contribution in [-0.4, -0.2) is 69.7 Å². The van der Waals surface area contributed by atoms with Crippen molar-refractivity contribution in [1.82, 2.24) is 0 Å². The van der Waals surface area contributed by atoms with E-state index in [0.29, 0.717) is 26.2 Å². The lowest BCUT2D eigenvalue weighted by atomic mass is 10.2. The van der Waals surface area contributed by atoms with Crippen molar-refractivity contribution in [3.05, 3.63) is 24.3 Å². The molecule has 0 bridgehead atoms. The molecule has 1 aromatic rings. The number of rotatable bonds is 4. The van der Waals surface area contributed by atoms with E-state index >= 15 is 0 Å². The molecule has 0 saturated carbocycles. The van der Waals surface area contributed by atoms with Crippen LogP contribution in [0.25, 0.3) is 0 Å². The highest BCUT2D eigenvalue weighted by Gasteiger charge is 2.31. The van der Waals surface area contributed by atoms with Gasteiger partial charge in [0, 0.05) is 24.5 Å². The fraction of sp³-hybridized carbons (Fsp3) is 0.500. The molecule has 2 saturated heterocycles. The zero-order valence-corrected chi connectivity index (χ0v) is 15.7. The molecule has 2 aliphatic heterocycles. The molecule has 2 fully saturated rings. The first kappa shape index (κ1) is 21.1. The Morgan fingerprint density at radius 2 is 1.74 bits per heavy atom. The van der Waals surface area contributed by atoms with E-state index in [-0.39, 0.29) is 30.5 Å². The molecule has 10 nitrogen and oxygen atoms in total. The first-order chi connectivity index (χ1) is 12.7. The van der Waals surface area contributed by atoms with E-state index in [2.05, 4.69) is 0 Å². The summed E-state index contributed by atoms with van der Waals surface area (Å²) in [6, 6.07) is 7.25. The average molecular weight is 401 g/mol. The summed E-state index contributed by atoms with van der Waals surface area (Å²) in [5, 5.41) is 0. The first-order valence-corrected chi connectivity index (χ1v) is 9.97. The number of morpholine rings is 1. The molecule has 11 heteroatoms. The van der Waals surface area contributed by atoms with Gasteiger partial charge in [-0.1, -0.05) is 0 Å². The van der Waals surface area contributed by atoms with Gasteiger partial charge in [-0.15, -0.1) is 0 Å². The van der Waals surface area contributed by atoms with Crippen LogP contribution in [0.1, 0.15) is 6.92 Å². The fourth-order valence-electron chi connectivity index (χ4n) is 2.46. The van der Waals surface area contributed by atoms with Crippen LogP contribution >= 0.6 is 0 Å². The molecule has 150 valence electrons. The normalized spacial score (nSPS) is 20.2. The molecule has 27 heavy (non-hydrogen) atoms. The highest BCUT2D eigenvalue weighted by atomic mass is 32.2. The van der Waals surface area contributed by atoms with E-state index in [0.717, 1.165) is 11.4 Å². The summed E-state index contributed by atoms with van der Waals surface area (Å²) in [4.78, 5) is 26.7. The summed E-state index contributed by atoms with van der Waals surface area (Å²) in [5.41, 5.74) is 7.05. The van der Waals surface area contributed by atoms with E-state index in [1.807, 2.05) is 12.1 Å². The van der Waals surface area contributed by atoms with E-state index in [4.69, 9.17) is 19.8 Å². The smallest absolute Gasteiger partial charge is 0.414 e. The summed E-state index contributed by atoms with van der Waals surface area (Å²) < 4.78 is 37.1. The molecule has 0 spiro atoms. The van der Waals surface area contributed by atoms with Crippen LogP contribution in [0.2, 0.25) is 0 Å².